The molecule has 0 spiro atoms. The lowest BCUT2D eigenvalue weighted by molar-refractivity contribution is 0.596. The first-order chi connectivity index (χ1) is 27.8. The summed E-state index contributed by atoms with van der Waals surface area (Å²) in [7, 11) is -1.99. The zero-order valence-electron chi connectivity index (χ0n) is 32.8. The molecule has 272 valence electrons. The molecule has 0 saturated heterocycles. The second kappa shape index (κ2) is 11.6. The van der Waals surface area contributed by atoms with E-state index in [0.717, 1.165) is 0 Å². The van der Waals surface area contributed by atoms with E-state index in [1.54, 1.807) is 5.19 Å². The van der Waals surface area contributed by atoms with E-state index < -0.39 is 8.07 Å². The first-order valence-electron chi connectivity index (χ1n) is 20.3. The summed E-state index contributed by atoms with van der Waals surface area (Å²) < 4.78 is 5.07. The Labute approximate surface area is 334 Å². The smallest absolute Gasteiger partial charge is 0.0828 e. The van der Waals surface area contributed by atoms with Gasteiger partial charge in [0, 0.05) is 27.2 Å². The molecule has 10 aromatic rings. The summed E-state index contributed by atoms with van der Waals surface area (Å²) in [5.74, 6) is 0. The molecule has 0 fully saturated rings. The van der Waals surface area contributed by atoms with Crippen molar-refractivity contribution in [1.82, 2.24) is 9.13 Å². The lowest BCUT2D eigenvalue weighted by Crippen LogP contribution is -2.40. The zero-order valence-corrected chi connectivity index (χ0v) is 33.8. The molecular weight excluding hydrogens is 705 g/mol. The predicted octanol–water partition coefficient (Wildman–Crippen LogP) is 14.1. The van der Waals surface area contributed by atoms with Gasteiger partial charge in [0.1, 0.15) is 0 Å². The average Bonchev–Trinajstić information content (AvgIpc) is 3.81. The number of fused-ring (bicyclic) bond motifs is 16. The number of nitrogens with zero attached hydrogens (tertiary/aromatic N) is 2. The molecule has 3 heterocycles. The second-order valence-corrected chi connectivity index (χ2v) is 22.2. The molecule has 0 unspecified atom stereocenters. The van der Waals surface area contributed by atoms with E-state index in [-0.39, 0.29) is 5.41 Å². The molecule has 0 amide bonds. The van der Waals surface area contributed by atoms with Crippen LogP contribution in [0.4, 0.5) is 0 Å². The summed E-state index contributed by atoms with van der Waals surface area (Å²) >= 11 is 0. The molecule has 0 atom stereocenters. The molecule has 1 aliphatic carbocycles. The van der Waals surface area contributed by atoms with E-state index in [0.29, 0.717) is 0 Å². The first kappa shape index (κ1) is 32.8. The molecule has 1 aliphatic heterocycles. The molecule has 2 nitrogen and oxygen atoms in total. The van der Waals surface area contributed by atoms with E-state index in [1.807, 2.05) is 0 Å². The van der Waals surface area contributed by atoms with Gasteiger partial charge in [-0.15, -0.1) is 0 Å². The monoisotopic (exact) mass is 746 g/mol. The molecule has 3 heteroatoms. The summed E-state index contributed by atoms with van der Waals surface area (Å²) in [4.78, 5) is 0. The van der Waals surface area contributed by atoms with Crippen LogP contribution in [0.5, 0.6) is 0 Å². The number of rotatable bonds is 2. The number of benzene rings is 8. The predicted molar refractivity (Wildman–Crippen MR) is 245 cm³/mol. The zero-order chi connectivity index (χ0) is 38.2. The molecule has 0 saturated carbocycles. The van der Waals surface area contributed by atoms with Crippen LogP contribution in [-0.4, -0.2) is 17.2 Å². The first-order valence-corrected chi connectivity index (χ1v) is 23.5. The number of hydrogen-bond acceptors (Lipinski definition) is 0. The number of hydrogen-bond donors (Lipinski definition) is 0. The summed E-state index contributed by atoms with van der Waals surface area (Å²) in [5, 5.41) is 6.74. The Balaban J connectivity index is 1.22. The highest BCUT2D eigenvalue weighted by Gasteiger charge is 2.48. The van der Waals surface area contributed by atoms with Crippen molar-refractivity contribution in [3.05, 3.63) is 175 Å². The maximum Gasteiger partial charge on any atom is 0.0828 e. The van der Waals surface area contributed by atoms with Crippen LogP contribution in [0, 0.1) is 0 Å². The van der Waals surface area contributed by atoms with Crippen molar-refractivity contribution in [3.8, 4) is 55.9 Å². The third kappa shape index (κ3) is 4.46. The van der Waals surface area contributed by atoms with Gasteiger partial charge >= 0.3 is 0 Å². The number of aromatic nitrogens is 2. The topological polar surface area (TPSA) is 9.86 Å². The van der Waals surface area contributed by atoms with Gasteiger partial charge in [-0.05, 0) is 109 Å². The molecule has 12 rings (SSSR count). The van der Waals surface area contributed by atoms with Crippen LogP contribution in [0.3, 0.4) is 0 Å². The highest BCUT2D eigenvalue weighted by molar-refractivity contribution is 6.92. The minimum Gasteiger partial charge on any atom is -0.309 e. The molecule has 0 radical (unpaired) electrons. The maximum atomic E-state index is 2.62. The van der Waals surface area contributed by atoms with E-state index in [2.05, 4.69) is 206 Å². The van der Waals surface area contributed by atoms with Crippen LogP contribution >= 0.6 is 0 Å². The quantitative estimate of drug-likeness (QED) is 0.156. The lowest BCUT2D eigenvalue weighted by atomic mass is 9.77. The van der Waals surface area contributed by atoms with Gasteiger partial charge in [0.15, 0.2) is 0 Å². The second-order valence-electron chi connectivity index (χ2n) is 17.6. The van der Waals surface area contributed by atoms with Crippen molar-refractivity contribution in [2.24, 2.45) is 0 Å². The van der Waals surface area contributed by atoms with Crippen molar-refractivity contribution in [2.45, 2.75) is 38.4 Å². The molecule has 0 N–H and O–H groups in total. The van der Waals surface area contributed by atoms with Gasteiger partial charge in [-0.25, -0.2) is 0 Å². The van der Waals surface area contributed by atoms with Crippen molar-refractivity contribution >= 4 is 56.9 Å². The Bertz CT molecular complexity index is 3280. The van der Waals surface area contributed by atoms with Crippen molar-refractivity contribution < 1.29 is 0 Å². The van der Waals surface area contributed by atoms with E-state index >= 15 is 0 Å². The highest BCUT2D eigenvalue weighted by atomic mass is 28.3. The molecule has 8 aromatic carbocycles. The molecule has 2 aliphatic rings. The van der Waals surface area contributed by atoms with E-state index in [9.17, 15) is 0 Å². The van der Waals surface area contributed by atoms with Crippen LogP contribution in [-0.2, 0) is 5.41 Å². The number of para-hydroxylation sites is 3. The Hall–Kier alpha value is -6.42. The summed E-state index contributed by atoms with van der Waals surface area (Å²) in [6.45, 7) is 10.3. The Kier molecular flexibility index (Phi) is 6.65. The van der Waals surface area contributed by atoms with Gasteiger partial charge in [0.25, 0.3) is 0 Å². The van der Waals surface area contributed by atoms with Crippen LogP contribution in [0.15, 0.2) is 170 Å². The van der Waals surface area contributed by atoms with Crippen LogP contribution in [0.2, 0.25) is 19.1 Å². The lowest BCUT2D eigenvalue weighted by Gasteiger charge is -2.31. The van der Waals surface area contributed by atoms with Gasteiger partial charge in [0.2, 0.25) is 0 Å². The van der Waals surface area contributed by atoms with Crippen LogP contribution in [0.25, 0.3) is 99.5 Å². The third-order valence-corrected chi connectivity index (χ3v) is 16.8. The summed E-state index contributed by atoms with van der Waals surface area (Å²) in [6.07, 6.45) is 0. The minimum absolute atomic E-state index is 0.00916. The molecule has 0 bridgehead atoms. The van der Waals surface area contributed by atoms with Crippen molar-refractivity contribution in [3.63, 3.8) is 0 Å². The largest absolute Gasteiger partial charge is 0.309 e. The van der Waals surface area contributed by atoms with Crippen molar-refractivity contribution in [1.29, 1.82) is 0 Å². The summed E-state index contributed by atoms with van der Waals surface area (Å²) in [6, 6.07) is 65.0. The fourth-order valence-corrected chi connectivity index (χ4v) is 16.0. The fourth-order valence-electron chi connectivity index (χ4n) is 11.4. The van der Waals surface area contributed by atoms with Gasteiger partial charge in [-0.2, -0.15) is 0 Å². The van der Waals surface area contributed by atoms with E-state index in [1.165, 1.54) is 111 Å². The van der Waals surface area contributed by atoms with Gasteiger partial charge in [-0.3, -0.25) is 0 Å². The highest BCUT2D eigenvalue weighted by Crippen LogP contribution is 2.53. The van der Waals surface area contributed by atoms with Crippen LogP contribution in [0.1, 0.15) is 19.4 Å². The van der Waals surface area contributed by atoms with E-state index in [4.69, 9.17) is 0 Å². The minimum atomic E-state index is -1.99. The maximum absolute atomic E-state index is 2.62. The van der Waals surface area contributed by atoms with Crippen LogP contribution < -0.4 is 5.19 Å². The molecule has 57 heavy (non-hydrogen) atoms. The summed E-state index contributed by atoms with van der Waals surface area (Å²) in [5.41, 5.74) is 19.6. The van der Waals surface area contributed by atoms with Gasteiger partial charge in [0.05, 0.1) is 35.8 Å². The third-order valence-electron chi connectivity index (χ3n) is 13.2. The van der Waals surface area contributed by atoms with Gasteiger partial charge in [-0.1, -0.05) is 154 Å². The van der Waals surface area contributed by atoms with Gasteiger partial charge < -0.3 is 9.13 Å². The molecular formula is C54H42N2Si. The Morgan fingerprint density at radius 1 is 0.421 bits per heavy atom. The Morgan fingerprint density at radius 2 is 0.842 bits per heavy atom. The standard InChI is InChI=1S/C54H42N2Si/c1-54(2)33-57(3,4)53-51-43-25-10-9-20-38(43)36-18-6-5-17-35(36)37-19-7-8-21-39(37)45(51)32-50(52(53)54)56-48-28-16-13-24-42(48)44-31-34(29-30-49(44)56)55-46-26-14-11-22-40(46)41-23-12-15-27-47(41)55/h5-32H,33H2,1-4H3. The SMILES string of the molecule is CC1(C)C[Si](C)(C)c2c3c(cc(-n4c5ccccc5c5cc(-n6c7ccccc7c7ccccc76)ccc54)c21)-c1ccccc1-c1ccccc1-c1ccccc1-3. The Morgan fingerprint density at radius 3 is 1.40 bits per heavy atom. The molecule has 2 aromatic heterocycles. The normalized spacial score (nSPS) is 14.9. The average molecular weight is 747 g/mol. The van der Waals surface area contributed by atoms with Crippen molar-refractivity contribution in [2.75, 3.05) is 0 Å². The fraction of sp³-hybridized carbons (Fsp3) is 0.111.